The van der Waals surface area contributed by atoms with Gasteiger partial charge in [0, 0.05) is 33.4 Å². The molecule has 0 amide bonds. The zero-order chi connectivity index (χ0) is 22.6. The molecule has 32 heavy (non-hydrogen) atoms. The first-order chi connectivity index (χ1) is 15.4. The van der Waals surface area contributed by atoms with Gasteiger partial charge in [0.15, 0.2) is 34.7 Å². The van der Waals surface area contributed by atoms with E-state index in [-0.39, 0.29) is 33.4 Å². The van der Waals surface area contributed by atoms with Crippen molar-refractivity contribution in [2.24, 2.45) is 11.8 Å². The van der Waals surface area contributed by atoms with Gasteiger partial charge in [-0.1, -0.05) is 60.7 Å². The molecule has 0 N–H and O–H groups in total. The fraction of sp³-hybridized carbons (Fsp3) is 0.0769. The highest BCUT2D eigenvalue weighted by atomic mass is 16.2. The topological polar surface area (TPSA) is 102 Å². The number of carbonyl (C=O) groups is 6. The minimum Gasteiger partial charge on any atom is -0.293 e. The van der Waals surface area contributed by atoms with Crippen LogP contribution in [0.5, 0.6) is 0 Å². The predicted octanol–water partition coefficient (Wildman–Crippen LogP) is 3.44. The highest BCUT2D eigenvalue weighted by molar-refractivity contribution is 6.41. The van der Waals surface area contributed by atoms with Gasteiger partial charge in [-0.25, -0.2) is 0 Å². The summed E-state index contributed by atoms with van der Waals surface area (Å²) < 4.78 is 0. The van der Waals surface area contributed by atoms with Crippen molar-refractivity contribution in [3.63, 3.8) is 0 Å². The van der Waals surface area contributed by atoms with Crippen molar-refractivity contribution in [3.05, 3.63) is 106 Å². The molecule has 0 fully saturated rings. The highest BCUT2D eigenvalue weighted by Gasteiger charge is 2.49. The Balaban J connectivity index is 1.53. The first-order valence-electron chi connectivity index (χ1n) is 9.93. The van der Waals surface area contributed by atoms with Crippen LogP contribution in [0.3, 0.4) is 0 Å². The van der Waals surface area contributed by atoms with Crippen LogP contribution in [0, 0.1) is 11.8 Å². The summed E-state index contributed by atoms with van der Waals surface area (Å²) in [6.07, 6.45) is 0. The molecule has 0 unspecified atom stereocenters. The van der Waals surface area contributed by atoms with Crippen molar-refractivity contribution < 1.29 is 28.8 Å². The van der Waals surface area contributed by atoms with E-state index in [0.717, 1.165) is 0 Å². The Morgan fingerprint density at radius 2 is 0.750 bits per heavy atom. The zero-order valence-corrected chi connectivity index (χ0v) is 16.5. The summed E-state index contributed by atoms with van der Waals surface area (Å²) in [5, 5.41) is 0. The lowest BCUT2D eigenvalue weighted by molar-refractivity contribution is 0.0736. The fourth-order valence-electron chi connectivity index (χ4n) is 4.29. The summed E-state index contributed by atoms with van der Waals surface area (Å²) in [5.74, 6) is -7.18. The second-order valence-corrected chi connectivity index (χ2v) is 7.73. The summed E-state index contributed by atoms with van der Waals surface area (Å²) in [6, 6.07) is 18.3. The lowest BCUT2D eigenvalue weighted by Gasteiger charge is -2.06. The summed E-state index contributed by atoms with van der Waals surface area (Å²) in [7, 11) is 0. The maximum atomic E-state index is 12.9. The second-order valence-electron chi connectivity index (χ2n) is 7.73. The highest BCUT2D eigenvalue weighted by Crippen LogP contribution is 2.37. The van der Waals surface area contributed by atoms with Crippen LogP contribution in [-0.4, -0.2) is 34.7 Å². The van der Waals surface area contributed by atoms with Gasteiger partial charge in [0.25, 0.3) is 0 Å². The monoisotopic (exact) mass is 422 g/mol. The summed E-state index contributed by atoms with van der Waals surface area (Å²) >= 11 is 0. The van der Waals surface area contributed by atoms with Crippen LogP contribution >= 0.6 is 0 Å². The third-order valence-corrected chi connectivity index (χ3v) is 5.91. The van der Waals surface area contributed by atoms with Crippen LogP contribution in [0.1, 0.15) is 62.1 Å². The zero-order valence-electron chi connectivity index (χ0n) is 16.5. The van der Waals surface area contributed by atoms with E-state index in [1.807, 2.05) is 0 Å². The third kappa shape index (κ3) is 2.73. The van der Waals surface area contributed by atoms with E-state index in [4.69, 9.17) is 0 Å². The van der Waals surface area contributed by atoms with Crippen molar-refractivity contribution in [3.8, 4) is 0 Å². The van der Waals surface area contributed by atoms with Gasteiger partial charge >= 0.3 is 0 Å². The Hall–Kier alpha value is -4.32. The van der Waals surface area contributed by atoms with Crippen LogP contribution in [0.4, 0.5) is 0 Å². The Labute approximate surface area is 181 Å². The molecular formula is C26H14O6. The Morgan fingerprint density at radius 1 is 0.469 bits per heavy atom. The van der Waals surface area contributed by atoms with E-state index < -0.39 is 46.5 Å². The van der Waals surface area contributed by atoms with Gasteiger partial charge in [-0.3, -0.25) is 28.8 Å². The standard InChI is InChI=1S/C26H14O6/c27-21(13-7-3-1-4-8-13)19-23(29)15-11-17-18(12-16(15)24(19)30)26(32)20(25(17)31)22(28)14-9-5-2-6-10-14/h1-12,19-20H. The first-order valence-corrected chi connectivity index (χ1v) is 9.93. The van der Waals surface area contributed by atoms with Gasteiger partial charge in [-0.05, 0) is 12.1 Å². The number of hydrogen-bond donors (Lipinski definition) is 0. The van der Waals surface area contributed by atoms with Crippen molar-refractivity contribution in [2.45, 2.75) is 0 Å². The molecule has 3 aromatic rings. The lowest BCUT2D eigenvalue weighted by Crippen LogP contribution is -2.26. The van der Waals surface area contributed by atoms with E-state index in [1.165, 1.54) is 36.4 Å². The number of hydrogen-bond acceptors (Lipinski definition) is 6. The van der Waals surface area contributed by atoms with Crippen molar-refractivity contribution in [2.75, 3.05) is 0 Å². The number of benzene rings is 3. The second kappa shape index (κ2) is 7.13. The van der Waals surface area contributed by atoms with E-state index in [9.17, 15) is 28.8 Å². The molecule has 5 rings (SSSR count). The molecule has 0 saturated carbocycles. The average Bonchev–Trinajstić information content (AvgIpc) is 3.22. The molecular weight excluding hydrogens is 408 g/mol. The summed E-state index contributed by atoms with van der Waals surface area (Å²) in [5.41, 5.74) is 0.156. The SMILES string of the molecule is O=C(c1ccccc1)C1C(=O)c2cc3c(cc2C1=O)C(=O)C(C(=O)c1ccccc1)C3=O. The molecule has 0 aliphatic heterocycles. The molecule has 0 radical (unpaired) electrons. The van der Waals surface area contributed by atoms with Gasteiger partial charge in [0.1, 0.15) is 11.8 Å². The van der Waals surface area contributed by atoms with Crippen LogP contribution < -0.4 is 0 Å². The molecule has 2 aliphatic carbocycles. The molecule has 6 heteroatoms. The molecule has 0 saturated heterocycles. The largest absolute Gasteiger partial charge is 0.293 e. The lowest BCUT2D eigenvalue weighted by atomic mass is 9.92. The van der Waals surface area contributed by atoms with Crippen LogP contribution in [-0.2, 0) is 0 Å². The summed E-state index contributed by atoms with van der Waals surface area (Å²) in [6.45, 7) is 0. The Kier molecular flexibility index (Phi) is 4.37. The first kappa shape index (κ1) is 19.6. The number of fused-ring (bicyclic) bond motifs is 2. The minimum atomic E-state index is -1.54. The van der Waals surface area contributed by atoms with Crippen LogP contribution in [0.25, 0.3) is 0 Å². The minimum absolute atomic E-state index is 0.0722. The number of Topliss-reactive ketones (excluding diaryl/α,β-unsaturated/α-hetero) is 6. The predicted molar refractivity (Wildman–Crippen MR) is 112 cm³/mol. The smallest absolute Gasteiger partial charge is 0.182 e. The molecule has 2 aliphatic rings. The van der Waals surface area contributed by atoms with E-state index in [1.54, 1.807) is 36.4 Å². The van der Waals surface area contributed by atoms with Gasteiger partial charge in [0.2, 0.25) is 0 Å². The van der Waals surface area contributed by atoms with Gasteiger partial charge in [0.05, 0.1) is 0 Å². The van der Waals surface area contributed by atoms with Crippen molar-refractivity contribution in [1.82, 2.24) is 0 Å². The molecule has 154 valence electrons. The molecule has 0 heterocycles. The molecule has 3 aromatic carbocycles. The molecule has 6 nitrogen and oxygen atoms in total. The number of carbonyl (C=O) groups excluding carboxylic acids is 6. The molecule has 0 atom stereocenters. The third-order valence-electron chi connectivity index (χ3n) is 5.91. The van der Waals surface area contributed by atoms with Gasteiger partial charge in [-0.2, -0.15) is 0 Å². The Morgan fingerprint density at radius 3 is 1.03 bits per heavy atom. The van der Waals surface area contributed by atoms with Crippen LogP contribution in [0.2, 0.25) is 0 Å². The molecule has 0 aromatic heterocycles. The quantitative estimate of drug-likeness (QED) is 0.471. The van der Waals surface area contributed by atoms with E-state index in [2.05, 4.69) is 0 Å². The van der Waals surface area contributed by atoms with Gasteiger partial charge < -0.3 is 0 Å². The average molecular weight is 422 g/mol. The number of rotatable bonds is 4. The number of ketones is 6. The van der Waals surface area contributed by atoms with Crippen molar-refractivity contribution >= 4 is 34.7 Å². The maximum Gasteiger partial charge on any atom is 0.182 e. The van der Waals surface area contributed by atoms with Crippen LogP contribution in [0.15, 0.2) is 72.8 Å². The summed E-state index contributed by atoms with van der Waals surface area (Å²) in [4.78, 5) is 77.4. The van der Waals surface area contributed by atoms with E-state index >= 15 is 0 Å². The van der Waals surface area contributed by atoms with Gasteiger partial charge in [-0.15, -0.1) is 0 Å². The van der Waals surface area contributed by atoms with Crippen molar-refractivity contribution in [1.29, 1.82) is 0 Å². The molecule has 0 bridgehead atoms. The van der Waals surface area contributed by atoms with E-state index in [0.29, 0.717) is 0 Å². The molecule has 0 spiro atoms. The fourth-order valence-corrected chi connectivity index (χ4v) is 4.29. The normalized spacial score (nSPS) is 15.8. The Bertz CT molecular complexity index is 1210. The maximum absolute atomic E-state index is 12.9.